The van der Waals surface area contributed by atoms with Crippen molar-refractivity contribution in [2.75, 3.05) is 24.4 Å². The van der Waals surface area contributed by atoms with Gasteiger partial charge in [0.1, 0.15) is 4.88 Å². The highest BCUT2D eigenvalue weighted by Crippen LogP contribution is 2.23. The molecule has 1 aromatic heterocycles. The second kappa shape index (κ2) is 10.2. The van der Waals surface area contributed by atoms with Crippen LogP contribution in [-0.2, 0) is 14.3 Å². The molecule has 0 bridgehead atoms. The normalized spacial score (nSPS) is 10.2. The summed E-state index contributed by atoms with van der Waals surface area (Å²) in [7, 11) is 1.24. The Morgan fingerprint density at radius 3 is 2.41 bits per heavy atom. The summed E-state index contributed by atoms with van der Waals surface area (Å²) >= 11 is 1.11. The SMILES string of the molecule is COC(=O)c1sccc1NC(=O)COC(=O)c1ccccc1NC(=O)NC(C)C. The number of urea groups is 1. The molecular formula is C19H21N3O6S. The van der Waals surface area contributed by atoms with Gasteiger partial charge in [-0.2, -0.15) is 0 Å². The molecule has 9 nitrogen and oxygen atoms in total. The summed E-state index contributed by atoms with van der Waals surface area (Å²) in [4.78, 5) is 48.2. The predicted octanol–water partition coefficient (Wildman–Crippen LogP) is 2.86. The van der Waals surface area contributed by atoms with Gasteiger partial charge in [0.25, 0.3) is 5.91 Å². The number of rotatable bonds is 7. The molecule has 2 rings (SSSR count). The summed E-state index contributed by atoms with van der Waals surface area (Å²) in [6.07, 6.45) is 0. The minimum absolute atomic E-state index is 0.0789. The second-order valence-corrected chi connectivity index (χ2v) is 6.99. The van der Waals surface area contributed by atoms with E-state index in [0.29, 0.717) is 0 Å². The molecule has 0 aliphatic heterocycles. The zero-order valence-electron chi connectivity index (χ0n) is 16.1. The first-order valence-corrected chi connectivity index (χ1v) is 9.49. The van der Waals surface area contributed by atoms with Crippen molar-refractivity contribution >= 4 is 46.6 Å². The number of methoxy groups -OCH3 is 1. The van der Waals surface area contributed by atoms with E-state index in [1.165, 1.54) is 13.2 Å². The van der Waals surface area contributed by atoms with Crippen LogP contribution >= 0.6 is 11.3 Å². The van der Waals surface area contributed by atoms with Gasteiger partial charge in [-0.25, -0.2) is 14.4 Å². The van der Waals surface area contributed by atoms with Gasteiger partial charge in [0.15, 0.2) is 6.61 Å². The number of para-hydroxylation sites is 1. The van der Waals surface area contributed by atoms with E-state index in [1.807, 2.05) is 0 Å². The summed E-state index contributed by atoms with van der Waals surface area (Å²) < 4.78 is 9.67. The first-order chi connectivity index (χ1) is 13.8. The van der Waals surface area contributed by atoms with Crippen LogP contribution in [0.2, 0.25) is 0 Å². The van der Waals surface area contributed by atoms with Crippen LogP contribution in [0.3, 0.4) is 0 Å². The molecule has 0 spiro atoms. The van der Waals surface area contributed by atoms with E-state index in [2.05, 4.69) is 20.7 Å². The quantitative estimate of drug-likeness (QED) is 0.593. The van der Waals surface area contributed by atoms with Crippen LogP contribution in [0.1, 0.15) is 33.9 Å². The van der Waals surface area contributed by atoms with E-state index in [9.17, 15) is 19.2 Å². The fourth-order valence-electron chi connectivity index (χ4n) is 2.24. The average molecular weight is 419 g/mol. The van der Waals surface area contributed by atoms with Gasteiger partial charge in [-0.3, -0.25) is 4.79 Å². The van der Waals surface area contributed by atoms with Gasteiger partial charge in [0.2, 0.25) is 0 Å². The molecule has 0 aliphatic carbocycles. The Morgan fingerprint density at radius 2 is 1.72 bits per heavy atom. The Morgan fingerprint density at radius 1 is 1.00 bits per heavy atom. The van der Waals surface area contributed by atoms with Gasteiger partial charge in [0, 0.05) is 6.04 Å². The number of anilines is 2. The second-order valence-electron chi connectivity index (χ2n) is 6.08. The van der Waals surface area contributed by atoms with Crippen molar-refractivity contribution in [3.63, 3.8) is 0 Å². The number of carbonyl (C=O) groups is 4. The Hall–Kier alpha value is -3.40. The third kappa shape index (κ3) is 6.32. The van der Waals surface area contributed by atoms with Crippen molar-refractivity contribution in [1.29, 1.82) is 0 Å². The number of nitrogens with one attached hydrogen (secondary N) is 3. The molecule has 3 amide bonds. The van der Waals surface area contributed by atoms with Gasteiger partial charge < -0.3 is 25.4 Å². The van der Waals surface area contributed by atoms with Crippen LogP contribution in [0.4, 0.5) is 16.2 Å². The van der Waals surface area contributed by atoms with Gasteiger partial charge in [-0.15, -0.1) is 11.3 Å². The lowest BCUT2D eigenvalue weighted by molar-refractivity contribution is -0.119. The van der Waals surface area contributed by atoms with Crippen molar-refractivity contribution in [3.05, 3.63) is 46.2 Å². The lowest BCUT2D eigenvalue weighted by atomic mass is 10.2. The van der Waals surface area contributed by atoms with Crippen LogP contribution < -0.4 is 16.0 Å². The topological polar surface area (TPSA) is 123 Å². The number of hydrogen-bond acceptors (Lipinski definition) is 7. The monoisotopic (exact) mass is 419 g/mol. The van der Waals surface area contributed by atoms with Crippen molar-refractivity contribution < 1.29 is 28.7 Å². The summed E-state index contributed by atoms with van der Waals surface area (Å²) in [5.74, 6) is -1.98. The number of thiophene rings is 1. The molecule has 0 atom stereocenters. The van der Waals surface area contributed by atoms with Crippen molar-refractivity contribution in [1.82, 2.24) is 5.32 Å². The number of hydrogen-bond donors (Lipinski definition) is 3. The van der Waals surface area contributed by atoms with Gasteiger partial charge in [0.05, 0.1) is 24.0 Å². The maximum absolute atomic E-state index is 12.4. The zero-order chi connectivity index (χ0) is 21.4. The number of ether oxygens (including phenoxy) is 2. The Labute approximate surface area is 171 Å². The lowest BCUT2D eigenvalue weighted by Gasteiger charge is -2.13. The van der Waals surface area contributed by atoms with Gasteiger partial charge in [-0.05, 0) is 37.4 Å². The fourth-order valence-corrected chi connectivity index (χ4v) is 3.01. The molecule has 154 valence electrons. The Bertz CT molecular complexity index is 909. The molecule has 0 fully saturated rings. The summed E-state index contributed by atoms with van der Waals surface area (Å²) in [6, 6.07) is 7.28. The zero-order valence-corrected chi connectivity index (χ0v) is 16.9. The molecule has 1 aromatic carbocycles. The number of amides is 3. The minimum Gasteiger partial charge on any atom is -0.465 e. The summed E-state index contributed by atoms with van der Waals surface area (Å²) in [5, 5.41) is 9.34. The summed E-state index contributed by atoms with van der Waals surface area (Å²) in [6.45, 7) is 3.04. The summed E-state index contributed by atoms with van der Waals surface area (Å²) in [5.41, 5.74) is 0.627. The predicted molar refractivity (Wildman–Crippen MR) is 108 cm³/mol. The number of carbonyl (C=O) groups excluding carboxylic acids is 4. The number of esters is 2. The maximum atomic E-state index is 12.4. The molecule has 1 heterocycles. The van der Waals surface area contributed by atoms with Crippen LogP contribution in [0, 0.1) is 0 Å². The Balaban J connectivity index is 1.97. The standard InChI is InChI=1S/C19H21N3O6S/c1-11(2)20-19(26)22-13-7-5-4-6-12(13)17(24)28-10-15(23)21-14-8-9-29-16(14)18(25)27-3/h4-9,11H,10H2,1-3H3,(H,21,23)(H2,20,22,26). The molecule has 10 heteroatoms. The number of benzene rings is 1. The largest absolute Gasteiger partial charge is 0.465 e. The molecule has 0 aliphatic rings. The highest BCUT2D eigenvalue weighted by atomic mass is 32.1. The van der Waals surface area contributed by atoms with Crippen molar-refractivity contribution in [2.45, 2.75) is 19.9 Å². The lowest BCUT2D eigenvalue weighted by Crippen LogP contribution is -2.34. The third-order valence-corrected chi connectivity index (χ3v) is 4.35. The molecule has 29 heavy (non-hydrogen) atoms. The molecular weight excluding hydrogens is 398 g/mol. The first kappa shape index (κ1) is 21.9. The van der Waals surface area contributed by atoms with E-state index < -0.39 is 30.5 Å². The first-order valence-electron chi connectivity index (χ1n) is 8.61. The van der Waals surface area contributed by atoms with Gasteiger partial charge >= 0.3 is 18.0 Å². The smallest absolute Gasteiger partial charge is 0.350 e. The fraction of sp³-hybridized carbons (Fsp3) is 0.263. The maximum Gasteiger partial charge on any atom is 0.350 e. The molecule has 2 aromatic rings. The molecule has 3 N–H and O–H groups in total. The van der Waals surface area contributed by atoms with E-state index in [4.69, 9.17) is 4.74 Å². The van der Waals surface area contributed by atoms with Crippen LogP contribution in [0.25, 0.3) is 0 Å². The molecule has 0 radical (unpaired) electrons. The molecule has 0 saturated heterocycles. The van der Waals surface area contributed by atoms with E-state index >= 15 is 0 Å². The Kier molecular flexibility index (Phi) is 7.72. The van der Waals surface area contributed by atoms with Crippen molar-refractivity contribution in [3.8, 4) is 0 Å². The van der Waals surface area contributed by atoms with E-state index in [-0.39, 0.29) is 27.9 Å². The highest BCUT2D eigenvalue weighted by Gasteiger charge is 2.18. The van der Waals surface area contributed by atoms with Crippen molar-refractivity contribution in [2.24, 2.45) is 0 Å². The molecule has 0 saturated carbocycles. The van der Waals surface area contributed by atoms with E-state index in [0.717, 1.165) is 11.3 Å². The minimum atomic E-state index is -0.779. The highest BCUT2D eigenvalue weighted by molar-refractivity contribution is 7.12. The van der Waals surface area contributed by atoms with Crippen LogP contribution in [0.15, 0.2) is 35.7 Å². The van der Waals surface area contributed by atoms with Crippen LogP contribution in [-0.4, -0.2) is 43.6 Å². The van der Waals surface area contributed by atoms with Gasteiger partial charge in [-0.1, -0.05) is 12.1 Å². The average Bonchev–Trinajstić information content (AvgIpc) is 3.13. The third-order valence-electron chi connectivity index (χ3n) is 3.46. The van der Waals surface area contributed by atoms with Crippen LogP contribution in [0.5, 0.6) is 0 Å². The van der Waals surface area contributed by atoms with E-state index in [1.54, 1.807) is 43.5 Å². The molecule has 0 unspecified atom stereocenters.